The molecule has 3 nitrogen and oxygen atoms in total. The molecule has 3 heteroatoms. The summed E-state index contributed by atoms with van der Waals surface area (Å²) in [5.74, 6) is 0. The molecule has 3 rings (SSSR count). The molecule has 3 fully saturated rings. The van der Waals surface area contributed by atoms with Crippen molar-refractivity contribution in [2.45, 2.75) is 76.4 Å². The molecule has 0 aromatic rings. The highest BCUT2D eigenvalue weighted by Crippen LogP contribution is 2.27. The molecular formula is C17H33N3. The largest absolute Gasteiger partial charge is 0.313 e. The van der Waals surface area contributed by atoms with E-state index in [0.29, 0.717) is 0 Å². The van der Waals surface area contributed by atoms with Gasteiger partial charge in [0.15, 0.2) is 0 Å². The molecule has 2 saturated heterocycles. The van der Waals surface area contributed by atoms with Gasteiger partial charge in [0.05, 0.1) is 0 Å². The number of fused-ring (bicyclic) bond motifs is 1. The van der Waals surface area contributed by atoms with E-state index in [-0.39, 0.29) is 0 Å². The first-order valence-corrected chi connectivity index (χ1v) is 9.10. The minimum atomic E-state index is 0.748. The lowest BCUT2D eigenvalue weighted by atomic mass is 9.95. The molecule has 3 unspecified atom stereocenters. The van der Waals surface area contributed by atoms with E-state index in [1.54, 1.807) is 0 Å². The predicted octanol–water partition coefficient (Wildman–Crippen LogP) is 2.47. The predicted molar refractivity (Wildman–Crippen MR) is 85.1 cm³/mol. The Labute approximate surface area is 125 Å². The number of rotatable bonds is 3. The molecule has 1 aliphatic carbocycles. The minimum absolute atomic E-state index is 0.748. The smallest absolute Gasteiger partial charge is 0.0250 e. The monoisotopic (exact) mass is 279 g/mol. The number of hydrogen-bond donors (Lipinski definition) is 1. The quantitative estimate of drug-likeness (QED) is 0.801. The van der Waals surface area contributed by atoms with E-state index in [0.717, 1.165) is 24.7 Å². The van der Waals surface area contributed by atoms with Crippen LogP contribution in [0.2, 0.25) is 0 Å². The van der Waals surface area contributed by atoms with E-state index in [2.05, 4.69) is 22.0 Å². The average molecular weight is 279 g/mol. The van der Waals surface area contributed by atoms with Crippen LogP contribution in [0.25, 0.3) is 0 Å². The normalized spacial score (nSPS) is 37.4. The van der Waals surface area contributed by atoms with Gasteiger partial charge in [-0.2, -0.15) is 0 Å². The summed E-state index contributed by atoms with van der Waals surface area (Å²) >= 11 is 0. The van der Waals surface area contributed by atoms with Crippen molar-refractivity contribution < 1.29 is 0 Å². The zero-order valence-corrected chi connectivity index (χ0v) is 13.3. The van der Waals surface area contributed by atoms with E-state index in [4.69, 9.17) is 0 Å². The van der Waals surface area contributed by atoms with Gasteiger partial charge in [-0.1, -0.05) is 32.6 Å². The summed E-state index contributed by atoms with van der Waals surface area (Å²) in [4.78, 5) is 5.62. The molecule has 2 heterocycles. The van der Waals surface area contributed by atoms with Crippen LogP contribution in [0.1, 0.15) is 58.3 Å². The van der Waals surface area contributed by atoms with Crippen molar-refractivity contribution in [3.63, 3.8) is 0 Å². The van der Waals surface area contributed by atoms with Crippen LogP contribution in [0.3, 0.4) is 0 Å². The summed E-state index contributed by atoms with van der Waals surface area (Å²) in [6, 6.07) is 2.42. The highest BCUT2D eigenvalue weighted by molar-refractivity contribution is 4.93. The van der Waals surface area contributed by atoms with Gasteiger partial charge >= 0.3 is 0 Å². The van der Waals surface area contributed by atoms with Gasteiger partial charge in [-0.05, 0) is 38.8 Å². The lowest BCUT2D eigenvalue weighted by Gasteiger charge is -2.48. The van der Waals surface area contributed by atoms with Crippen LogP contribution in [0.4, 0.5) is 0 Å². The summed E-state index contributed by atoms with van der Waals surface area (Å²) in [5, 5.41) is 3.79. The van der Waals surface area contributed by atoms with E-state index >= 15 is 0 Å². The highest BCUT2D eigenvalue weighted by Gasteiger charge is 2.35. The van der Waals surface area contributed by atoms with Crippen LogP contribution >= 0.6 is 0 Å². The Hall–Kier alpha value is -0.120. The van der Waals surface area contributed by atoms with Gasteiger partial charge in [0.1, 0.15) is 0 Å². The van der Waals surface area contributed by atoms with Gasteiger partial charge in [0.25, 0.3) is 0 Å². The third kappa shape index (κ3) is 3.37. The van der Waals surface area contributed by atoms with E-state index in [1.807, 2.05) is 0 Å². The van der Waals surface area contributed by atoms with Crippen LogP contribution in [0, 0.1) is 0 Å². The van der Waals surface area contributed by atoms with E-state index in [1.165, 1.54) is 77.5 Å². The standard InChI is InChI=1S/C17H33N3/c1-2-18-16-9-4-3-5-10-17(16)20-13-12-19-11-7-6-8-15(19)14-20/h15-18H,2-14H2,1H3. The molecule has 2 aliphatic heterocycles. The number of hydrogen-bond acceptors (Lipinski definition) is 3. The van der Waals surface area contributed by atoms with Crippen LogP contribution in [-0.2, 0) is 0 Å². The second kappa shape index (κ2) is 7.24. The third-order valence-electron chi connectivity index (χ3n) is 5.78. The van der Waals surface area contributed by atoms with Crippen LogP contribution in [0.15, 0.2) is 0 Å². The van der Waals surface area contributed by atoms with Crippen LogP contribution in [-0.4, -0.2) is 60.6 Å². The van der Waals surface area contributed by atoms with Crippen molar-refractivity contribution in [3.8, 4) is 0 Å². The summed E-state index contributed by atoms with van der Waals surface area (Å²) in [5.41, 5.74) is 0. The topological polar surface area (TPSA) is 18.5 Å². The molecule has 0 bridgehead atoms. The highest BCUT2D eigenvalue weighted by atomic mass is 15.3. The van der Waals surface area contributed by atoms with Crippen molar-refractivity contribution >= 4 is 0 Å². The number of likely N-dealkylation sites (N-methyl/N-ethyl adjacent to an activating group) is 1. The molecule has 0 spiro atoms. The van der Waals surface area contributed by atoms with Crippen molar-refractivity contribution in [1.82, 2.24) is 15.1 Å². The molecule has 3 aliphatic rings. The third-order valence-corrected chi connectivity index (χ3v) is 5.78. The van der Waals surface area contributed by atoms with Gasteiger partial charge < -0.3 is 5.32 Å². The molecule has 0 aromatic carbocycles. The average Bonchev–Trinajstić information content (AvgIpc) is 2.73. The van der Waals surface area contributed by atoms with Crippen molar-refractivity contribution in [2.24, 2.45) is 0 Å². The lowest BCUT2D eigenvalue weighted by molar-refractivity contribution is 0.0162. The number of nitrogens with zero attached hydrogens (tertiary/aromatic N) is 2. The summed E-state index contributed by atoms with van der Waals surface area (Å²) in [7, 11) is 0. The number of nitrogens with one attached hydrogen (secondary N) is 1. The van der Waals surface area contributed by atoms with Crippen molar-refractivity contribution in [1.29, 1.82) is 0 Å². The van der Waals surface area contributed by atoms with Gasteiger partial charge in [-0.25, -0.2) is 0 Å². The van der Waals surface area contributed by atoms with Crippen molar-refractivity contribution in [2.75, 3.05) is 32.7 Å². The maximum Gasteiger partial charge on any atom is 0.0250 e. The first-order chi connectivity index (χ1) is 9.88. The zero-order valence-electron chi connectivity index (χ0n) is 13.3. The Morgan fingerprint density at radius 3 is 2.55 bits per heavy atom. The molecular weight excluding hydrogens is 246 g/mol. The minimum Gasteiger partial charge on any atom is -0.313 e. The van der Waals surface area contributed by atoms with Gasteiger partial charge in [0, 0.05) is 37.8 Å². The zero-order chi connectivity index (χ0) is 13.8. The molecule has 3 atom stereocenters. The Kier molecular flexibility index (Phi) is 5.36. The Morgan fingerprint density at radius 1 is 0.850 bits per heavy atom. The molecule has 116 valence electrons. The fourth-order valence-electron chi connectivity index (χ4n) is 4.71. The van der Waals surface area contributed by atoms with Crippen molar-refractivity contribution in [3.05, 3.63) is 0 Å². The molecule has 20 heavy (non-hydrogen) atoms. The molecule has 0 aromatic heterocycles. The first kappa shape index (κ1) is 14.8. The van der Waals surface area contributed by atoms with Gasteiger partial charge in [0.2, 0.25) is 0 Å². The molecule has 1 saturated carbocycles. The molecule has 1 N–H and O–H groups in total. The molecule has 0 amide bonds. The number of piperidine rings is 1. The van der Waals surface area contributed by atoms with E-state index < -0.39 is 0 Å². The Balaban J connectivity index is 1.63. The first-order valence-electron chi connectivity index (χ1n) is 9.10. The number of piperazine rings is 1. The fraction of sp³-hybridized carbons (Fsp3) is 1.00. The maximum absolute atomic E-state index is 3.79. The SMILES string of the molecule is CCNC1CCCCCC1N1CCN2CCCCC2C1. The maximum atomic E-state index is 3.79. The van der Waals surface area contributed by atoms with Crippen LogP contribution in [0.5, 0.6) is 0 Å². The Morgan fingerprint density at radius 2 is 1.65 bits per heavy atom. The summed E-state index contributed by atoms with van der Waals surface area (Å²) in [6.07, 6.45) is 11.5. The van der Waals surface area contributed by atoms with Crippen LogP contribution < -0.4 is 5.32 Å². The van der Waals surface area contributed by atoms with Gasteiger partial charge in [-0.3, -0.25) is 9.80 Å². The fourth-order valence-corrected chi connectivity index (χ4v) is 4.71. The summed E-state index contributed by atoms with van der Waals surface area (Å²) < 4.78 is 0. The molecule has 0 radical (unpaired) electrons. The Bertz CT molecular complexity index is 294. The summed E-state index contributed by atoms with van der Waals surface area (Å²) in [6.45, 7) is 8.72. The van der Waals surface area contributed by atoms with E-state index in [9.17, 15) is 0 Å². The second-order valence-corrected chi connectivity index (χ2v) is 7.05. The van der Waals surface area contributed by atoms with Gasteiger partial charge in [-0.15, -0.1) is 0 Å². The second-order valence-electron chi connectivity index (χ2n) is 7.05. The lowest BCUT2D eigenvalue weighted by Crippen LogP contribution is -2.60.